The van der Waals surface area contributed by atoms with Gasteiger partial charge in [-0.1, -0.05) is 18.2 Å². The average molecular weight is 378 g/mol. The van der Waals surface area contributed by atoms with Crippen LogP contribution in [0.15, 0.2) is 40.9 Å². The van der Waals surface area contributed by atoms with Gasteiger partial charge in [0, 0.05) is 43.5 Å². The molecule has 1 aromatic carbocycles. The van der Waals surface area contributed by atoms with E-state index in [9.17, 15) is 4.79 Å². The van der Waals surface area contributed by atoms with Gasteiger partial charge in [-0.05, 0) is 31.0 Å². The number of hydrogen-bond acceptors (Lipinski definition) is 5. The van der Waals surface area contributed by atoms with Crippen molar-refractivity contribution in [1.82, 2.24) is 30.3 Å². The Bertz CT molecular complexity index is 1110. The number of aromatic nitrogens is 5. The molecule has 2 N–H and O–H groups in total. The minimum atomic E-state index is -0.0315. The molecule has 8 nitrogen and oxygen atoms in total. The Morgan fingerprint density at radius 2 is 2.11 bits per heavy atom. The van der Waals surface area contributed by atoms with Crippen LogP contribution >= 0.6 is 0 Å². The average Bonchev–Trinajstić information content (AvgIpc) is 3.39. The molecule has 1 amide bonds. The van der Waals surface area contributed by atoms with E-state index < -0.39 is 0 Å². The van der Waals surface area contributed by atoms with Crippen LogP contribution in [0.4, 0.5) is 0 Å². The monoisotopic (exact) mass is 378 g/mol. The molecular weight excluding hydrogens is 356 g/mol. The van der Waals surface area contributed by atoms with Gasteiger partial charge in [0.05, 0.1) is 5.69 Å². The second-order valence-corrected chi connectivity index (χ2v) is 6.75. The number of aromatic amines is 1. The highest BCUT2D eigenvalue weighted by atomic mass is 16.4. The van der Waals surface area contributed by atoms with Crippen LogP contribution in [-0.4, -0.2) is 37.4 Å². The lowest BCUT2D eigenvalue weighted by atomic mass is 10.1. The molecule has 0 fully saturated rings. The Morgan fingerprint density at radius 3 is 2.93 bits per heavy atom. The summed E-state index contributed by atoms with van der Waals surface area (Å²) in [5, 5.41) is 16.5. The Balaban J connectivity index is 1.26. The maximum atomic E-state index is 12.1. The topological polar surface area (TPSA) is 102 Å². The van der Waals surface area contributed by atoms with E-state index in [2.05, 4.69) is 31.7 Å². The molecule has 0 aliphatic carbocycles. The lowest BCUT2D eigenvalue weighted by Gasteiger charge is -2.03. The Labute approximate surface area is 162 Å². The van der Waals surface area contributed by atoms with Crippen LogP contribution in [0.25, 0.3) is 22.5 Å². The Morgan fingerprint density at radius 1 is 1.25 bits per heavy atom. The summed E-state index contributed by atoms with van der Waals surface area (Å²) in [5.41, 5.74) is 3.95. The van der Waals surface area contributed by atoms with Gasteiger partial charge in [0.25, 0.3) is 5.89 Å². The first-order valence-electron chi connectivity index (χ1n) is 9.25. The van der Waals surface area contributed by atoms with E-state index >= 15 is 0 Å². The summed E-state index contributed by atoms with van der Waals surface area (Å²) < 4.78 is 7.36. The molecule has 0 saturated heterocycles. The summed E-state index contributed by atoms with van der Waals surface area (Å²) in [4.78, 5) is 15.4. The number of H-pyrrole nitrogens is 1. The van der Waals surface area contributed by atoms with Gasteiger partial charge in [0.1, 0.15) is 5.69 Å². The van der Waals surface area contributed by atoms with Crippen molar-refractivity contribution in [2.24, 2.45) is 7.05 Å². The summed E-state index contributed by atoms with van der Waals surface area (Å²) in [6.45, 7) is 2.49. The predicted molar refractivity (Wildman–Crippen MR) is 105 cm³/mol. The van der Waals surface area contributed by atoms with Crippen molar-refractivity contribution in [2.75, 3.05) is 6.54 Å². The molecule has 0 atom stereocenters. The van der Waals surface area contributed by atoms with Crippen LogP contribution in [0.2, 0.25) is 0 Å². The standard InChI is InChI=1S/C20H22N6O2/c1-13-11-17(26(2)25-13)20-24-23-19(28-20)8-7-18(27)21-10-9-14-12-22-16-6-4-3-5-15(14)16/h3-6,11-12,22H,7-10H2,1-2H3,(H,21,27). The molecule has 3 aromatic heterocycles. The maximum Gasteiger partial charge on any atom is 0.265 e. The molecule has 8 heteroatoms. The van der Waals surface area contributed by atoms with E-state index in [1.165, 1.54) is 10.9 Å². The largest absolute Gasteiger partial charge is 0.419 e. The molecular formula is C20H22N6O2. The van der Waals surface area contributed by atoms with Crippen LogP contribution in [0, 0.1) is 6.92 Å². The fraction of sp³-hybridized carbons (Fsp3) is 0.300. The number of carbonyl (C=O) groups is 1. The van der Waals surface area contributed by atoms with E-state index in [1.54, 1.807) is 4.68 Å². The number of aryl methyl sites for hydroxylation is 3. The predicted octanol–water partition coefficient (Wildman–Crippen LogP) is 2.55. The third-order valence-electron chi connectivity index (χ3n) is 4.65. The minimum Gasteiger partial charge on any atom is -0.419 e. The zero-order chi connectivity index (χ0) is 19.5. The van der Waals surface area contributed by atoms with Gasteiger partial charge in [-0.15, -0.1) is 10.2 Å². The smallest absolute Gasteiger partial charge is 0.265 e. The second kappa shape index (κ2) is 7.67. The maximum absolute atomic E-state index is 12.1. The first kappa shape index (κ1) is 18.0. The molecule has 0 saturated carbocycles. The van der Waals surface area contributed by atoms with Crippen molar-refractivity contribution in [3.8, 4) is 11.6 Å². The van der Waals surface area contributed by atoms with E-state index in [0.717, 1.165) is 23.3 Å². The highest BCUT2D eigenvalue weighted by Gasteiger charge is 2.14. The summed E-state index contributed by atoms with van der Waals surface area (Å²) >= 11 is 0. The third-order valence-corrected chi connectivity index (χ3v) is 4.65. The van der Waals surface area contributed by atoms with E-state index in [1.807, 2.05) is 44.4 Å². The number of hydrogen-bond donors (Lipinski definition) is 2. The molecule has 4 rings (SSSR count). The number of rotatable bonds is 7. The van der Waals surface area contributed by atoms with Crippen molar-refractivity contribution in [1.29, 1.82) is 0 Å². The number of nitrogens with one attached hydrogen (secondary N) is 2. The van der Waals surface area contributed by atoms with Gasteiger partial charge in [-0.3, -0.25) is 9.48 Å². The van der Waals surface area contributed by atoms with Crippen LogP contribution in [-0.2, 0) is 24.7 Å². The summed E-state index contributed by atoms with van der Waals surface area (Å²) in [7, 11) is 1.83. The third kappa shape index (κ3) is 3.80. The fourth-order valence-corrected chi connectivity index (χ4v) is 3.25. The van der Waals surface area contributed by atoms with Crippen molar-refractivity contribution in [2.45, 2.75) is 26.2 Å². The van der Waals surface area contributed by atoms with Crippen LogP contribution in [0.3, 0.4) is 0 Å². The molecule has 4 aromatic rings. The Hall–Kier alpha value is -3.42. The number of nitrogens with zero attached hydrogens (tertiary/aromatic N) is 4. The first-order chi connectivity index (χ1) is 13.6. The lowest BCUT2D eigenvalue weighted by Crippen LogP contribution is -2.25. The van der Waals surface area contributed by atoms with Gasteiger partial charge in [-0.2, -0.15) is 5.10 Å². The molecule has 0 aliphatic heterocycles. The molecule has 0 aliphatic rings. The first-order valence-corrected chi connectivity index (χ1v) is 9.25. The molecule has 144 valence electrons. The lowest BCUT2D eigenvalue weighted by molar-refractivity contribution is -0.121. The second-order valence-electron chi connectivity index (χ2n) is 6.75. The number of para-hydroxylation sites is 1. The van der Waals surface area contributed by atoms with Gasteiger partial charge >= 0.3 is 0 Å². The number of carbonyl (C=O) groups excluding carboxylic acids is 1. The normalized spacial score (nSPS) is 11.2. The quantitative estimate of drug-likeness (QED) is 0.515. The van der Waals surface area contributed by atoms with Crippen LogP contribution < -0.4 is 5.32 Å². The molecule has 28 heavy (non-hydrogen) atoms. The summed E-state index contributed by atoms with van der Waals surface area (Å²) in [5.74, 6) is 0.828. The molecule has 0 radical (unpaired) electrons. The zero-order valence-electron chi connectivity index (χ0n) is 15.9. The minimum absolute atomic E-state index is 0.0315. The van der Waals surface area contributed by atoms with Gasteiger partial charge in [0.2, 0.25) is 11.8 Å². The van der Waals surface area contributed by atoms with Crippen molar-refractivity contribution in [3.63, 3.8) is 0 Å². The number of benzene rings is 1. The molecule has 3 heterocycles. The van der Waals surface area contributed by atoms with Crippen LogP contribution in [0.1, 0.15) is 23.6 Å². The van der Waals surface area contributed by atoms with Crippen LogP contribution in [0.5, 0.6) is 0 Å². The van der Waals surface area contributed by atoms with E-state index in [0.29, 0.717) is 31.2 Å². The van der Waals surface area contributed by atoms with E-state index in [4.69, 9.17) is 4.42 Å². The molecule has 0 bridgehead atoms. The van der Waals surface area contributed by atoms with Crippen molar-refractivity contribution in [3.05, 3.63) is 53.7 Å². The summed E-state index contributed by atoms with van der Waals surface area (Å²) in [6, 6.07) is 10.0. The summed E-state index contributed by atoms with van der Waals surface area (Å²) in [6.07, 6.45) is 3.49. The Kier molecular flexibility index (Phi) is 4.92. The molecule has 0 unspecified atom stereocenters. The van der Waals surface area contributed by atoms with Crippen molar-refractivity contribution < 1.29 is 9.21 Å². The SMILES string of the molecule is Cc1cc(-c2nnc(CCC(=O)NCCc3c[nH]c4ccccc34)o2)n(C)n1. The zero-order valence-corrected chi connectivity index (χ0v) is 15.9. The fourth-order valence-electron chi connectivity index (χ4n) is 3.25. The highest BCUT2D eigenvalue weighted by molar-refractivity contribution is 5.83. The number of fused-ring (bicyclic) bond motifs is 1. The van der Waals surface area contributed by atoms with Gasteiger partial charge in [0.15, 0.2) is 0 Å². The molecule has 0 spiro atoms. The van der Waals surface area contributed by atoms with Crippen molar-refractivity contribution >= 4 is 16.8 Å². The number of amides is 1. The highest BCUT2D eigenvalue weighted by Crippen LogP contribution is 2.19. The van der Waals surface area contributed by atoms with E-state index in [-0.39, 0.29) is 5.91 Å². The van der Waals surface area contributed by atoms with Gasteiger partial charge < -0.3 is 14.7 Å². The van der Waals surface area contributed by atoms with Gasteiger partial charge in [-0.25, -0.2) is 0 Å².